The number of carbonyl (C=O) groups is 1. The van der Waals surface area contributed by atoms with Gasteiger partial charge in [0.15, 0.2) is 0 Å². The zero-order chi connectivity index (χ0) is 15.9. The van der Waals surface area contributed by atoms with Gasteiger partial charge in [0.1, 0.15) is 11.6 Å². The molecule has 1 rings (SSSR count). The molecule has 0 aliphatic carbocycles. The van der Waals surface area contributed by atoms with E-state index in [0.29, 0.717) is 25.6 Å². The molecule has 0 atom stereocenters. The van der Waals surface area contributed by atoms with Crippen molar-refractivity contribution in [2.75, 3.05) is 19.7 Å². The number of alkyl halides is 3. The predicted octanol–water partition coefficient (Wildman–Crippen LogP) is 2.83. The Labute approximate surface area is 148 Å². The molecule has 11 heteroatoms. The number of halogens is 6. The van der Waals surface area contributed by atoms with Crippen molar-refractivity contribution in [3.63, 3.8) is 0 Å². The molecule has 0 aromatic carbocycles. The summed E-state index contributed by atoms with van der Waals surface area (Å²) in [4.78, 5) is 14.8. The quantitative estimate of drug-likeness (QED) is 0.693. The summed E-state index contributed by atoms with van der Waals surface area (Å²) >= 11 is 5.66. The topological polar surface area (TPSA) is 77.2 Å². The van der Waals surface area contributed by atoms with Crippen LogP contribution in [-0.4, -0.2) is 30.6 Å². The third-order valence-electron chi connectivity index (χ3n) is 2.41. The van der Waals surface area contributed by atoms with Crippen molar-refractivity contribution in [2.24, 2.45) is 5.73 Å². The molecule has 23 heavy (non-hydrogen) atoms. The lowest BCUT2D eigenvalue weighted by Gasteiger charge is -2.10. The summed E-state index contributed by atoms with van der Waals surface area (Å²) < 4.78 is 42.3. The Morgan fingerprint density at radius 2 is 2.04 bits per heavy atom. The molecule has 134 valence electrons. The Hall–Kier alpha value is -0.960. The van der Waals surface area contributed by atoms with Gasteiger partial charge in [-0.05, 0) is 19.0 Å². The summed E-state index contributed by atoms with van der Waals surface area (Å²) in [6, 6.07) is 0.740. The minimum absolute atomic E-state index is 0. The van der Waals surface area contributed by atoms with E-state index in [4.69, 9.17) is 22.1 Å². The van der Waals surface area contributed by atoms with Crippen LogP contribution < -0.4 is 15.8 Å². The SMILES string of the molecule is Cl.Cl.NCCCC(=O)NCCOc1ncc(C(F)(F)F)cc1Cl. The number of carbonyl (C=O) groups excluding carboxylic acids is 1. The van der Waals surface area contributed by atoms with E-state index in [1.807, 2.05) is 0 Å². The van der Waals surface area contributed by atoms with Crippen molar-refractivity contribution in [1.82, 2.24) is 10.3 Å². The lowest BCUT2D eigenvalue weighted by molar-refractivity contribution is -0.137. The van der Waals surface area contributed by atoms with Crippen molar-refractivity contribution in [3.05, 3.63) is 22.8 Å². The molecule has 0 spiro atoms. The molecule has 3 N–H and O–H groups in total. The van der Waals surface area contributed by atoms with Gasteiger partial charge in [0.05, 0.1) is 12.1 Å². The van der Waals surface area contributed by atoms with Crippen molar-refractivity contribution >= 4 is 42.3 Å². The molecule has 0 unspecified atom stereocenters. The molecule has 0 saturated carbocycles. The summed E-state index contributed by atoms with van der Waals surface area (Å²) in [5.41, 5.74) is 4.31. The standard InChI is InChI=1S/C12H15ClF3N3O2.2ClH/c13-9-6-8(12(14,15)16)7-19-11(9)21-5-4-18-10(20)2-1-3-17;;/h6-7H,1-5,17H2,(H,18,20);2*1H. The fourth-order valence-electron chi connectivity index (χ4n) is 1.38. The molecular formula is C12H17Cl3F3N3O2. The maximum absolute atomic E-state index is 12.4. The van der Waals surface area contributed by atoms with Crippen LogP contribution in [0.3, 0.4) is 0 Å². The number of ether oxygens (including phenoxy) is 1. The van der Waals surface area contributed by atoms with Gasteiger partial charge < -0.3 is 15.8 Å². The number of hydrogen-bond acceptors (Lipinski definition) is 4. The van der Waals surface area contributed by atoms with Crippen LogP contribution >= 0.6 is 36.4 Å². The monoisotopic (exact) mass is 397 g/mol. The van der Waals surface area contributed by atoms with E-state index >= 15 is 0 Å². The van der Waals surface area contributed by atoms with E-state index in [1.54, 1.807) is 0 Å². The lowest BCUT2D eigenvalue weighted by atomic mass is 10.3. The van der Waals surface area contributed by atoms with Gasteiger partial charge in [0.2, 0.25) is 11.8 Å². The van der Waals surface area contributed by atoms with E-state index < -0.39 is 11.7 Å². The smallest absolute Gasteiger partial charge is 0.417 e. The highest BCUT2D eigenvalue weighted by molar-refractivity contribution is 6.31. The third-order valence-corrected chi connectivity index (χ3v) is 2.68. The molecule has 0 radical (unpaired) electrons. The molecule has 0 aliphatic heterocycles. The van der Waals surface area contributed by atoms with E-state index in [-0.39, 0.29) is 54.8 Å². The maximum Gasteiger partial charge on any atom is 0.417 e. The lowest BCUT2D eigenvalue weighted by Crippen LogP contribution is -2.28. The normalized spacial score (nSPS) is 10.3. The Kier molecular flexibility index (Phi) is 12.2. The van der Waals surface area contributed by atoms with Crippen molar-refractivity contribution in [1.29, 1.82) is 0 Å². The number of nitrogens with one attached hydrogen (secondary N) is 1. The summed E-state index contributed by atoms with van der Waals surface area (Å²) in [5, 5.41) is 2.34. The van der Waals surface area contributed by atoms with Crippen LogP contribution in [0.5, 0.6) is 5.88 Å². The van der Waals surface area contributed by atoms with Crippen LogP contribution in [0.2, 0.25) is 5.02 Å². The first kappa shape index (κ1) is 24.3. The van der Waals surface area contributed by atoms with Crippen molar-refractivity contribution < 1.29 is 22.7 Å². The van der Waals surface area contributed by atoms with Gasteiger partial charge in [-0.2, -0.15) is 13.2 Å². The average Bonchev–Trinajstić information content (AvgIpc) is 2.41. The number of nitrogens with two attached hydrogens (primary N) is 1. The molecule has 0 bridgehead atoms. The van der Waals surface area contributed by atoms with Crippen LogP contribution in [0.1, 0.15) is 18.4 Å². The van der Waals surface area contributed by atoms with Crippen LogP contribution in [-0.2, 0) is 11.0 Å². The van der Waals surface area contributed by atoms with E-state index in [1.165, 1.54) is 0 Å². The number of nitrogens with zero attached hydrogens (tertiary/aromatic N) is 1. The summed E-state index contributed by atoms with van der Waals surface area (Å²) in [6.07, 6.45) is -2.97. The molecule has 1 aromatic rings. The molecule has 5 nitrogen and oxygen atoms in total. The highest BCUT2D eigenvalue weighted by Crippen LogP contribution is 2.32. The number of aromatic nitrogens is 1. The molecule has 0 aliphatic rings. The van der Waals surface area contributed by atoms with Gasteiger partial charge in [-0.25, -0.2) is 4.98 Å². The largest absolute Gasteiger partial charge is 0.475 e. The van der Waals surface area contributed by atoms with Crippen molar-refractivity contribution in [2.45, 2.75) is 19.0 Å². The number of amides is 1. The van der Waals surface area contributed by atoms with E-state index in [0.717, 1.165) is 6.07 Å². The Morgan fingerprint density at radius 3 is 2.57 bits per heavy atom. The second kappa shape index (κ2) is 11.6. The average molecular weight is 399 g/mol. The molecule has 0 saturated heterocycles. The molecule has 1 aromatic heterocycles. The fourth-order valence-corrected chi connectivity index (χ4v) is 1.60. The first-order chi connectivity index (χ1) is 9.84. The number of rotatable bonds is 7. The van der Waals surface area contributed by atoms with Crippen LogP contribution in [0.4, 0.5) is 13.2 Å². The minimum Gasteiger partial charge on any atom is -0.475 e. The van der Waals surface area contributed by atoms with Crippen LogP contribution in [0.25, 0.3) is 0 Å². The molecule has 1 heterocycles. The van der Waals surface area contributed by atoms with Crippen LogP contribution in [0.15, 0.2) is 12.3 Å². The first-order valence-electron chi connectivity index (χ1n) is 6.17. The minimum atomic E-state index is -4.51. The van der Waals surface area contributed by atoms with E-state index in [2.05, 4.69) is 10.3 Å². The molecule has 0 fully saturated rings. The Balaban J connectivity index is 0. The first-order valence-corrected chi connectivity index (χ1v) is 6.54. The summed E-state index contributed by atoms with van der Waals surface area (Å²) in [7, 11) is 0. The van der Waals surface area contributed by atoms with Gasteiger partial charge in [-0.1, -0.05) is 11.6 Å². The number of pyridine rings is 1. The van der Waals surface area contributed by atoms with Gasteiger partial charge >= 0.3 is 6.18 Å². The Morgan fingerprint density at radius 1 is 1.39 bits per heavy atom. The van der Waals surface area contributed by atoms with Gasteiger partial charge in [0, 0.05) is 12.6 Å². The number of hydrogen-bond donors (Lipinski definition) is 2. The molecule has 1 amide bonds. The second-order valence-corrected chi connectivity index (χ2v) is 4.51. The maximum atomic E-state index is 12.4. The Bertz CT molecular complexity index is 490. The van der Waals surface area contributed by atoms with Gasteiger partial charge in [-0.3, -0.25) is 4.79 Å². The van der Waals surface area contributed by atoms with Crippen molar-refractivity contribution in [3.8, 4) is 5.88 Å². The van der Waals surface area contributed by atoms with Crippen LogP contribution in [0, 0.1) is 0 Å². The van der Waals surface area contributed by atoms with Gasteiger partial charge in [0.25, 0.3) is 0 Å². The fraction of sp³-hybridized carbons (Fsp3) is 0.500. The highest BCUT2D eigenvalue weighted by Gasteiger charge is 2.31. The zero-order valence-electron chi connectivity index (χ0n) is 11.9. The van der Waals surface area contributed by atoms with E-state index in [9.17, 15) is 18.0 Å². The molecular weight excluding hydrogens is 382 g/mol. The predicted molar refractivity (Wildman–Crippen MR) is 85.5 cm³/mol. The summed E-state index contributed by atoms with van der Waals surface area (Å²) in [6.45, 7) is 0.671. The third kappa shape index (κ3) is 9.04. The summed E-state index contributed by atoms with van der Waals surface area (Å²) in [5.74, 6) is -0.281. The highest BCUT2D eigenvalue weighted by atomic mass is 35.5. The zero-order valence-corrected chi connectivity index (χ0v) is 14.2. The second-order valence-electron chi connectivity index (χ2n) is 4.10. The van der Waals surface area contributed by atoms with Gasteiger partial charge in [-0.15, -0.1) is 24.8 Å².